The second-order valence-electron chi connectivity index (χ2n) is 13.1. The minimum Gasteiger partial charge on any atom is -0.508 e. The molecule has 4 N–H and O–H groups in total. The molecule has 48 heavy (non-hydrogen) atoms. The Hall–Kier alpha value is -3.68. The predicted molar refractivity (Wildman–Crippen MR) is 182 cm³/mol. The van der Waals surface area contributed by atoms with E-state index in [4.69, 9.17) is 9.47 Å². The number of carbonyl (C=O) groups excluding carboxylic acids is 1. The van der Waals surface area contributed by atoms with Crippen LogP contribution in [0.5, 0.6) is 11.6 Å². The van der Waals surface area contributed by atoms with Crippen molar-refractivity contribution >= 4 is 17.2 Å². The molecule has 2 unspecified atom stereocenters. The number of aromatic nitrogens is 2. The molecule has 1 saturated heterocycles. The average molecular weight is 678 g/mol. The van der Waals surface area contributed by atoms with Gasteiger partial charge in [-0.3, -0.25) is 15.0 Å². The quantitative estimate of drug-likeness (QED) is 0.178. The van der Waals surface area contributed by atoms with E-state index < -0.39 is 12.0 Å². The number of nitrogens with one attached hydrogen (secondary N) is 2. The van der Waals surface area contributed by atoms with E-state index in [-0.39, 0.29) is 47.0 Å². The van der Waals surface area contributed by atoms with Crippen molar-refractivity contribution in [3.63, 3.8) is 0 Å². The fraction of sp³-hybridized carbons (Fsp3) is 0.472. The number of hydrogen-bond donors (Lipinski definition) is 4. The molecule has 3 aliphatic rings. The fourth-order valence-electron chi connectivity index (χ4n) is 6.53. The van der Waals surface area contributed by atoms with Gasteiger partial charge in [-0.05, 0) is 73.6 Å². The van der Waals surface area contributed by atoms with E-state index in [1.54, 1.807) is 5.38 Å². The van der Waals surface area contributed by atoms with Crippen molar-refractivity contribution in [2.24, 2.45) is 0 Å². The first kappa shape index (κ1) is 34.2. The van der Waals surface area contributed by atoms with Crippen LogP contribution in [0.2, 0.25) is 0 Å². The standard InChI is InChI=1S/C36H44FN5O5S/c1-22(2)36-41-32(21-48-36)34(45)40-27-8-6-26(7-9-27)39-33(44)31-18-25(37)19-38-35(31)47-29-5-3-4-23(17-29)30-11-10-28(43)16-24(30)20-42-12-14-46-15-13-42/h3-5,10,16-19,21-22,26-27,30,33,39,43-44H,6-9,11-15,20H2,1-2H3,(H,40,45). The Balaban J connectivity index is 1.07. The highest BCUT2D eigenvalue weighted by Gasteiger charge is 2.28. The number of morpholine rings is 1. The van der Waals surface area contributed by atoms with Gasteiger partial charge in [0.15, 0.2) is 0 Å². The van der Waals surface area contributed by atoms with Crippen molar-refractivity contribution < 1.29 is 28.9 Å². The highest BCUT2D eigenvalue weighted by Crippen LogP contribution is 2.36. The highest BCUT2D eigenvalue weighted by atomic mass is 32.1. The summed E-state index contributed by atoms with van der Waals surface area (Å²) in [7, 11) is 0. The zero-order chi connectivity index (χ0) is 33.6. The Bertz CT molecular complexity index is 1630. The molecule has 1 saturated carbocycles. The van der Waals surface area contributed by atoms with E-state index in [1.807, 2.05) is 36.4 Å². The van der Waals surface area contributed by atoms with Crippen molar-refractivity contribution in [3.8, 4) is 11.6 Å². The van der Waals surface area contributed by atoms with Gasteiger partial charge in [-0.25, -0.2) is 14.4 Å². The number of thiazole rings is 1. The van der Waals surface area contributed by atoms with E-state index in [0.717, 1.165) is 67.7 Å². The molecule has 2 aliphatic carbocycles. The third-order valence-electron chi connectivity index (χ3n) is 9.17. The summed E-state index contributed by atoms with van der Waals surface area (Å²) in [5.74, 6) is 0.504. The predicted octanol–water partition coefficient (Wildman–Crippen LogP) is 6.10. The topological polar surface area (TPSA) is 129 Å². The van der Waals surface area contributed by atoms with Crippen LogP contribution in [0.1, 0.15) is 90.6 Å². The summed E-state index contributed by atoms with van der Waals surface area (Å²) in [6.07, 6.45) is 7.14. The Labute approximate surface area is 284 Å². The first-order valence-electron chi connectivity index (χ1n) is 16.7. The summed E-state index contributed by atoms with van der Waals surface area (Å²) in [5, 5.41) is 30.6. The number of amides is 1. The molecule has 3 aromatic rings. The lowest BCUT2D eigenvalue weighted by atomic mass is 9.84. The maximum atomic E-state index is 14.4. The Kier molecular flexibility index (Phi) is 11.2. The largest absolute Gasteiger partial charge is 0.508 e. The van der Waals surface area contributed by atoms with Gasteiger partial charge < -0.3 is 25.0 Å². The molecule has 0 spiro atoms. The van der Waals surface area contributed by atoms with Crippen LogP contribution >= 0.6 is 11.3 Å². The van der Waals surface area contributed by atoms with Gasteiger partial charge in [0.1, 0.15) is 29.2 Å². The minimum absolute atomic E-state index is 0.0201. The zero-order valence-corrected chi connectivity index (χ0v) is 28.2. The first-order valence-corrected chi connectivity index (χ1v) is 17.6. The van der Waals surface area contributed by atoms with E-state index in [1.165, 1.54) is 17.4 Å². The number of benzene rings is 1. The van der Waals surface area contributed by atoms with Crippen LogP contribution in [0.4, 0.5) is 4.39 Å². The Morgan fingerprint density at radius 3 is 2.69 bits per heavy atom. The average Bonchev–Trinajstić information content (AvgIpc) is 3.59. The molecule has 2 aromatic heterocycles. The third-order valence-corrected chi connectivity index (χ3v) is 10.3. The third kappa shape index (κ3) is 8.66. The molecule has 10 nitrogen and oxygen atoms in total. The number of carbonyl (C=O) groups is 1. The number of rotatable bonds is 11. The number of aliphatic hydroxyl groups is 2. The summed E-state index contributed by atoms with van der Waals surface area (Å²) in [5.41, 5.74) is 2.80. The maximum absolute atomic E-state index is 14.4. The van der Waals surface area contributed by atoms with Crippen LogP contribution in [0.3, 0.4) is 0 Å². The molecule has 0 radical (unpaired) electrons. The number of ether oxygens (including phenoxy) is 2. The lowest BCUT2D eigenvalue weighted by Crippen LogP contribution is -2.43. The highest BCUT2D eigenvalue weighted by molar-refractivity contribution is 7.09. The van der Waals surface area contributed by atoms with Crippen LogP contribution in [0.15, 0.2) is 65.4 Å². The molecular weight excluding hydrogens is 633 g/mol. The van der Waals surface area contributed by atoms with Crippen LogP contribution in [-0.4, -0.2) is 75.9 Å². The summed E-state index contributed by atoms with van der Waals surface area (Å²) in [4.78, 5) is 23.7. The number of halogens is 1. The number of allylic oxidation sites excluding steroid dienone is 2. The van der Waals surface area contributed by atoms with Gasteiger partial charge in [0, 0.05) is 48.9 Å². The second-order valence-corrected chi connectivity index (χ2v) is 14.0. The molecule has 1 aliphatic heterocycles. The van der Waals surface area contributed by atoms with Gasteiger partial charge in [0.2, 0.25) is 5.88 Å². The lowest BCUT2D eigenvalue weighted by Gasteiger charge is -2.31. The van der Waals surface area contributed by atoms with E-state index >= 15 is 0 Å². The van der Waals surface area contributed by atoms with Crippen molar-refractivity contribution in [2.45, 2.75) is 76.1 Å². The van der Waals surface area contributed by atoms with Gasteiger partial charge in [-0.2, -0.15) is 0 Å². The molecule has 12 heteroatoms. The van der Waals surface area contributed by atoms with Crippen molar-refractivity contribution in [1.82, 2.24) is 25.5 Å². The summed E-state index contributed by atoms with van der Waals surface area (Å²) in [6, 6.07) is 8.92. The van der Waals surface area contributed by atoms with Gasteiger partial charge in [0.05, 0.1) is 30.0 Å². The normalized spacial score (nSPS) is 22.6. The van der Waals surface area contributed by atoms with Gasteiger partial charge >= 0.3 is 0 Å². The summed E-state index contributed by atoms with van der Waals surface area (Å²) >= 11 is 1.50. The molecule has 3 heterocycles. The molecule has 1 amide bonds. The molecule has 1 aromatic carbocycles. The van der Waals surface area contributed by atoms with Crippen LogP contribution in [0.25, 0.3) is 0 Å². The van der Waals surface area contributed by atoms with E-state index in [2.05, 4.69) is 39.3 Å². The first-order chi connectivity index (χ1) is 23.2. The van der Waals surface area contributed by atoms with Gasteiger partial charge in [-0.1, -0.05) is 26.0 Å². The van der Waals surface area contributed by atoms with Gasteiger partial charge in [0.25, 0.3) is 5.91 Å². The lowest BCUT2D eigenvalue weighted by molar-refractivity contribution is 0.0416. The smallest absolute Gasteiger partial charge is 0.270 e. The Morgan fingerprint density at radius 2 is 1.94 bits per heavy atom. The number of pyridine rings is 1. The van der Waals surface area contributed by atoms with Crippen LogP contribution in [0, 0.1) is 5.82 Å². The molecule has 6 rings (SSSR count). The molecule has 256 valence electrons. The zero-order valence-electron chi connectivity index (χ0n) is 27.4. The number of hydrogen-bond acceptors (Lipinski definition) is 10. The van der Waals surface area contributed by atoms with Crippen molar-refractivity contribution in [2.75, 3.05) is 32.8 Å². The van der Waals surface area contributed by atoms with E-state index in [0.29, 0.717) is 31.1 Å². The van der Waals surface area contributed by atoms with E-state index in [9.17, 15) is 19.4 Å². The molecule has 2 fully saturated rings. The second kappa shape index (κ2) is 15.7. The van der Waals surface area contributed by atoms with Crippen molar-refractivity contribution in [3.05, 3.63) is 93.0 Å². The van der Waals surface area contributed by atoms with Crippen LogP contribution in [-0.2, 0) is 4.74 Å². The molecular formula is C36H44FN5O5S. The summed E-state index contributed by atoms with van der Waals surface area (Å²) < 4.78 is 26.1. The fourth-order valence-corrected chi connectivity index (χ4v) is 7.34. The Morgan fingerprint density at radius 1 is 1.17 bits per heavy atom. The van der Waals surface area contributed by atoms with Crippen molar-refractivity contribution in [1.29, 1.82) is 0 Å². The molecule has 0 bridgehead atoms. The minimum atomic E-state index is -1.21. The molecule has 2 atom stereocenters. The van der Waals surface area contributed by atoms with Crippen LogP contribution < -0.4 is 15.4 Å². The number of aliphatic hydroxyl groups excluding tert-OH is 2. The number of nitrogens with zero attached hydrogens (tertiary/aromatic N) is 3. The SMILES string of the molecule is CC(C)c1nc(C(=O)NC2CCC(NC(O)c3cc(F)cnc3Oc3cccc(C4CC=C(O)C=C4CN4CCOCC4)c3)CC2)cs1. The monoisotopic (exact) mass is 677 g/mol. The maximum Gasteiger partial charge on any atom is 0.270 e. The summed E-state index contributed by atoms with van der Waals surface area (Å²) in [6.45, 7) is 7.93. The van der Waals surface area contributed by atoms with Gasteiger partial charge in [-0.15, -0.1) is 11.3 Å².